The lowest BCUT2D eigenvalue weighted by molar-refractivity contribution is 0.104. The van der Waals surface area contributed by atoms with Gasteiger partial charge in [0.1, 0.15) is 16.4 Å². The average Bonchev–Trinajstić information content (AvgIpc) is 2.77. The summed E-state index contributed by atoms with van der Waals surface area (Å²) in [6.45, 7) is 4.98. The highest BCUT2D eigenvalue weighted by Crippen LogP contribution is 2.26. The summed E-state index contributed by atoms with van der Waals surface area (Å²) in [4.78, 5) is 19.1. The van der Waals surface area contributed by atoms with Gasteiger partial charge in [-0.15, -0.1) is 0 Å². The predicted octanol–water partition coefficient (Wildman–Crippen LogP) is 2.58. The normalized spacial score (nSPS) is 20.1. The van der Waals surface area contributed by atoms with E-state index >= 15 is 0 Å². The smallest absolute Gasteiger partial charge is 0.265 e. The maximum absolute atomic E-state index is 11.8. The zero-order valence-corrected chi connectivity index (χ0v) is 11.7. The van der Waals surface area contributed by atoms with Gasteiger partial charge in [0, 0.05) is 6.61 Å². The van der Waals surface area contributed by atoms with Gasteiger partial charge in [-0.05, 0) is 41.1 Å². The van der Waals surface area contributed by atoms with Crippen molar-refractivity contribution in [2.45, 2.75) is 39.2 Å². The lowest BCUT2D eigenvalue weighted by Gasteiger charge is -2.12. The van der Waals surface area contributed by atoms with Crippen LogP contribution in [0.5, 0.6) is 0 Å². The minimum absolute atomic E-state index is 0.0401. The van der Waals surface area contributed by atoms with Crippen molar-refractivity contribution in [3.8, 4) is 0 Å². The molecule has 1 aromatic rings. The molecule has 1 aliphatic heterocycles. The van der Waals surface area contributed by atoms with Gasteiger partial charge < -0.3 is 9.72 Å². The molecule has 17 heavy (non-hydrogen) atoms. The van der Waals surface area contributed by atoms with E-state index < -0.39 is 0 Å². The van der Waals surface area contributed by atoms with Crippen molar-refractivity contribution in [1.82, 2.24) is 9.97 Å². The molecule has 1 aliphatic rings. The van der Waals surface area contributed by atoms with E-state index in [-0.39, 0.29) is 11.7 Å². The third-order valence-electron chi connectivity index (χ3n) is 2.79. The number of hydrogen-bond donors (Lipinski definition) is 1. The Morgan fingerprint density at radius 3 is 2.94 bits per heavy atom. The molecule has 1 unspecified atom stereocenters. The van der Waals surface area contributed by atoms with Crippen LogP contribution in [0, 0.1) is 5.92 Å². The number of hydrogen-bond acceptors (Lipinski definition) is 3. The molecule has 1 fully saturated rings. The van der Waals surface area contributed by atoms with Crippen LogP contribution in [0.1, 0.15) is 44.3 Å². The first-order valence-electron chi connectivity index (χ1n) is 5.98. The first-order valence-corrected chi connectivity index (χ1v) is 6.77. The van der Waals surface area contributed by atoms with Crippen LogP contribution < -0.4 is 5.56 Å². The first kappa shape index (κ1) is 12.8. The second kappa shape index (κ2) is 5.31. The molecular formula is C12H17BrN2O2. The predicted molar refractivity (Wildman–Crippen MR) is 69.0 cm³/mol. The highest BCUT2D eigenvalue weighted by molar-refractivity contribution is 9.10. The highest BCUT2D eigenvalue weighted by atomic mass is 79.9. The van der Waals surface area contributed by atoms with Crippen LogP contribution in [0.15, 0.2) is 9.27 Å². The number of ether oxygens (including phenoxy) is 1. The Kier molecular flexibility index (Phi) is 3.99. The summed E-state index contributed by atoms with van der Waals surface area (Å²) in [5.41, 5.74) is 0.718. The fourth-order valence-electron chi connectivity index (χ4n) is 1.99. The fraction of sp³-hybridized carbons (Fsp3) is 0.667. The van der Waals surface area contributed by atoms with Crippen molar-refractivity contribution in [2.24, 2.45) is 5.92 Å². The van der Waals surface area contributed by atoms with E-state index in [4.69, 9.17) is 4.74 Å². The summed E-state index contributed by atoms with van der Waals surface area (Å²) < 4.78 is 6.09. The van der Waals surface area contributed by atoms with E-state index in [1.54, 1.807) is 0 Å². The second-order valence-corrected chi connectivity index (χ2v) is 5.60. The van der Waals surface area contributed by atoms with Crippen LogP contribution >= 0.6 is 15.9 Å². The Hall–Kier alpha value is -0.680. The van der Waals surface area contributed by atoms with Gasteiger partial charge in [-0.25, -0.2) is 4.98 Å². The van der Waals surface area contributed by atoms with Gasteiger partial charge in [0.2, 0.25) is 0 Å². The van der Waals surface area contributed by atoms with Gasteiger partial charge in [-0.1, -0.05) is 13.8 Å². The molecule has 1 atom stereocenters. The summed E-state index contributed by atoms with van der Waals surface area (Å²) in [6.07, 6.45) is 2.72. The molecule has 2 rings (SSSR count). The van der Waals surface area contributed by atoms with Crippen LogP contribution in [-0.2, 0) is 11.2 Å². The van der Waals surface area contributed by atoms with E-state index in [1.165, 1.54) is 0 Å². The molecule has 1 N–H and O–H groups in total. The molecule has 0 aromatic carbocycles. The zero-order chi connectivity index (χ0) is 12.4. The number of halogens is 1. The third-order valence-corrected chi connectivity index (χ3v) is 3.60. The molecule has 94 valence electrons. The van der Waals surface area contributed by atoms with E-state index in [0.717, 1.165) is 31.6 Å². The molecular weight excluding hydrogens is 284 g/mol. The molecule has 0 bridgehead atoms. The number of nitrogens with zero attached hydrogens (tertiary/aromatic N) is 1. The first-order chi connectivity index (χ1) is 8.08. The largest absolute Gasteiger partial charge is 0.370 e. The highest BCUT2D eigenvalue weighted by Gasteiger charge is 2.22. The number of aromatic nitrogens is 2. The van der Waals surface area contributed by atoms with Crippen molar-refractivity contribution in [1.29, 1.82) is 0 Å². The summed E-state index contributed by atoms with van der Waals surface area (Å²) in [7, 11) is 0. The van der Waals surface area contributed by atoms with Crippen LogP contribution in [0.2, 0.25) is 0 Å². The van der Waals surface area contributed by atoms with Gasteiger partial charge in [-0.2, -0.15) is 0 Å². The molecule has 0 saturated carbocycles. The Morgan fingerprint density at radius 2 is 2.35 bits per heavy atom. The molecule has 1 saturated heterocycles. The number of aromatic amines is 1. The van der Waals surface area contributed by atoms with Gasteiger partial charge in [-0.3, -0.25) is 4.79 Å². The van der Waals surface area contributed by atoms with E-state index in [2.05, 4.69) is 39.7 Å². The van der Waals surface area contributed by atoms with Crippen LogP contribution in [0.3, 0.4) is 0 Å². The SMILES string of the molecule is CC(C)Cc1nc(C2CCCO2)[nH]c(=O)c1Br. The van der Waals surface area contributed by atoms with E-state index in [9.17, 15) is 4.79 Å². The van der Waals surface area contributed by atoms with Crippen LogP contribution in [-0.4, -0.2) is 16.6 Å². The Balaban J connectivity index is 2.34. The molecule has 0 radical (unpaired) electrons. The minimum Gasteiger partial charge on any atom is -0.370 e. The Morgan fingerprint density at radius 1 is 1.59 bits per heavy atom. The summed E-state index contributed by atoms with van der Waals surface area (Å²) >= 11 is 3.30. The van der Waals surface area contributed by atoms with E-state index in [1.807, 2.05) is 0 Å². The van der Waals surface area contributed by atoms with E-state index in [0.29, 0.717) is 16.2 Å². The summed E-state index contributed by atoms with van der Waals surface area (Å²) in [6, 6.07) is 0. The maximum atomic E-state index is 11.8. The molecule has 2 heterocycles. The van der Waals surface area contributed by atoms with Gasteiger partial charge in [0.15, 0.2) is 0 Å². The quantitative estimate of drug-likeness (QED) is 0.933. The summed E-state index contributed by atoms with van der Waals surface area (Å²) in [5, 5.41) is 0. The zero-order valence-electron chi connectivity index (χ0n) is 10.1. The van der Waals surface area contributed by atoms with Crippen molar-refractivity contribution >= 4 is 15.9 Å². The lowest BCUT2D eigenvalue weighted by atomic mass is 10.1. The van der Waals surface area contributed by atoms with Crippen molar-refractivity contribution in [3.63, 3.8) is 0 Å². The van der Waals surface area contributed by atoms with Gasteiger partial charge in [0.25, 0.3) is 5.56 Å². The average molecular weight is 301 g/mol. The molecule has 0 aliphatic carbocycles. The lowest BCUT2D eigenvalue weighted by Crippen LogP contribution is -2.18. The Bertz CT molecular complexity index is 450. The third kappa shape index (κ3) is 2.96. The van der Waals surface area contributed by atoms with Gasteiger partial charge >= 0.3 is 0 Å². The maximum Gasteiger partial charge on any atom is 0.265 e. The topological polar surface area (TPSA) is 55.0 Å². The monoisotopic (exact) mass is 300 g/mol. The van der Waals surface area contributed by atoms with Gasteiger partial charge in [0.05, 0.1) is 5.69 Å². The molecule has 1 aromatic heterocycles. The Labute approximate surface area is 109 Å². The number of rotatable bonds is 3. The molecule has 0 spiro atoms. The second-order valence-electron chi connectivity index (χ2n) is 4.81. The molecule has 0 amide bonds. The number of H-pyrrole nitrogens is 1. The molecule has 5 heteroatoms. The van der Waals surface area contributed by atoms with Crippen molar-refractivity contribution in [3.05, 3.63) is 26.3 Å². The minimum atomic E-state index is -0.110. The summed E-state index contributed by atoms with van der Waals surface area (Å²) in [5.74, 6) is 1.14. The van der Waals surface area contributed by atoms with Crippen molar-refractivity contribution < 1.29 is 4.74 Å². The molecule has 4 nitrogen and oxygen atoms in total. The fourth-order valence-corrected chi connectivity index (χ4v) is 2.34. The van der Waals surface area contributed by atoms with Crippen LogP contribution in [0.25, 0.3) is 0 Å². The van der Waals surface area contributed by atoms with Crippen LogP contribution in [0.4, 0.5) is 0 Å². The van der Waals surface area contributed by atoms with Crippen molar-refractivity contribution in [2.75, 3.05) is 6.61 Å². The number of nitrogens with one attached hydrogen (secondary N) is 1. The standard InChI is InChI=1S/C12H17BrN2O2/c1-7(2)6-8-10(13)12(16)15-11(14-8)9-4-3-5-17-9/h7,9H,3-6H2,1-2H3,(H,14,15,16).